The highest BCUT2D eigenvalue weighted by atomic mass is 28.3. The first-order valence-corrected chi connectivity index (χ1v) is 15.9. The van der Waals surface area contributed by atoms with E-state index < -0.39 is 13.8 Å². The van der Waals surface area contributed by atoms with Gasteiger partial charge in [0, 0.05) is 6.04 Å². The molecule has 1 aliphatic heterocycles. The van der Waals surface area contributed by atoms with Crippen LogP contribution in [0.25, 0.3) is 0 Å². The molecule has 41 heavy (non-hydrogen) atoms. The summed E-state index contributed by atoms with van der Waals surface area (Å²) in [6, 6.07) is 49.3. The fourth-order valence-corrected chi connectivity index (χ4v) is 11.1. The first kappa shape index (κ1) is 26.5. The fourth-order valence-electron chi connectivity index (χ4n) is 6.48. The van der Waals surface area contributed by atoms with Gasteiger partial charge in [0.1, 0.15) is 0 Å². The summed E-state index contributed by atoms with van der Waals surface area (Å²) >= 11 is 0. The molecule has 5 aromatic rings. The van der Waals surface area contributed by atoms with Gasteiger partial charge in [-0.05, 0) is 40.5 Å². The zero-order chi connectivity index (χ0) is 28.5. The molecule has 3 amide bonds. The van der Waals surface area contributed by atoms with E-state index in [1.807, 2.05) is 129 Å². The van der Waals surface area contributed by atoms with E-state index >= 15 is 9.59 Å². The van der Waals surface area contributed by atoms with Crippen LogP contribution in [-0.4, -0.2) is 35.7 Å². The molecule has 0 atom stereocenters. The molecule has 0 spiro atoms. The quantitative estimate of drug-likeness (QED) is 0.157. The minimum Gasteiger partial charge on any atom is -0.300 e. The van der Waals surface area contributed by atoms with E-state index in [1.54, 1.807) is 9.47 Å². The third-order valence-corrected chi connectivity index (χ3v) is 12.7. The first-order valence-electron chi connectivity index (χ1n) is 14.0. The third kappa shape index (κ3) is 3.96. The van der Waals surface area contributed by atoms with Gasteiger partial charge in [0.05, 0.1) is 0 Å². The highest BCUT2D eigenvalue weighted by molar-refractivity contribution is 7.11. The molecule has 5 aromatic carbocycles. The Hall–Kier alpha value is -4.74. The van der Waals surface area contributed by atoms with Crippen molar-refractivity contribution >= 4 is 35.7 Å². The van der Waals surface area contributed by atoms with Crippen molar-refractivity contribution < 1.29 is 9.59 Å². The molecule has 0 radical (unpaired) electrons. The van der Waals surface area contributed by atoms with E-state index in [2.05, 4.69) is 36.4 Å². The minimum absolute atomic E-state index is 0.225. The van der Waals surface area contributed by atoms with Crippen LogP contribution >= 0.6 is 0 Å². The minimum atomic E-state index is -3.47. The molecule has 202 valence electrons. The van der Waals surface area contributed by atoms with E-state index in [0.717, 1.165) is 26.7 Å². The van der Waals surface area contributed by atoms with Crippen LogP contribution in [0.2, 0.25) is 0 Å². The highest BCUT2D eigenvalue weighted by Crippen LogP contribution is 2.45. The Balaban J connectivity index is 1.76. The number of hydrogen-bond donors (Lipinski definition) is 0. The van der Waals surface area contributed by atoms with E-state index in [0.29, 0.717) is 0 Å². The maximum absolute atomic E-state index is 15.6. The topological polar surface area (TPSA) is 40.6 Å². The van der Waals surface area contributed by atoms with Crippen LogP contribution in [0, 0.1) is 0 Å². The van der Waals surface area contributed by atoms with Gasteiger partial charge in [0.25, 0.3) is 14.1 Å². The number of imide groups is 1. The van der Waals surface area contributed by atoms with Crippen molar-refractivity contribution in [1.82, 2.24) is 9.47 Å². The smallest absolute Gasteiger partial charge is 0.300 e. The average molecular weight is 553 g/mol. The number of benzene rings is 5. The number of nitrogens with zero attached hydrogens (tertiary/aromatic N) is 2. The van der Waals surface area contributed by atoms with Crippen molar-refractivity contribution in [3.8, 4) is 0 Å². The molecule has 0 unspecified atom stereocenters. The summed E-state index contributed by atoms with van der Waals surface area (Å²) in [6.07, 6.45) is 0. The summed E-state index contributed by atoms with van der Waals surface area (Å²) in [5.74, 6) is -0.225. The second kappa shape index (κ2) is 10.7. The summed E-state index contributed by atoms with van der Waals surface area (Å²) in [5.41, 5.74) is 0.223. The number of carbonyl (C=O) groups excluding carboxylic acids is 2. The third-order valence-electron chi connectivity index (χ3n) is 8.08. The normalized spacial score (nSPS) is 15.0. The van der Waals surface area contributed by atoms with Crippen molar-refractivity contribution in [3.05, 3.63) is 163 Å². The van der Waals surface area contributed by atoms with Gasteiger partial charge in [0.15, 0.2) is 5.54 Å². The van der Waals surface area contributed by atoms with Gasteiger partial charge in [0.2, 0.25) is 0 Å². The lowest BCUT2D eigenvalue weighted by Crippen LogP contribution is -2.78. The number of rotatable bonds is 7. The molecule has 1 saturated heterocycles. The van der Waals surface area contributed by atoms with Crippen molar-refractivity contribution in [1.29, 1.82) is 0 Å². The average Bonchev–Trinajstić information content (AvgIpc) is 3.27. The van der Waals surface area contributed by atoms with Crippen molar-refractivity contribution in [2.45, 2.75) is 25.4 Å². The zero-order valence-corrected chi connectivity index (χ0v) is 24.2. The zero-order valence-electron chi connectivity index (χ0n) is 23.2. The molecule has 5 heteroatoms. The van der Waals surface area contributed by atoms with E-state index in [4.69, 9.17) is 0 Å². The van der Waals surface area contributed by atoms with Gasteiger partial charge in [-0.25, -0.2) is 4.79 Å². The fraction of sp³-hybridized carbons (Fsp3) is 0.111. The Labute approximate surface area is 242 Å². The number of amides is 3. The Morgan fingerprint density at radius 3 is 1.15 bits per heavy atom. The summed E-state index contributed by atoms with van der Waals surface area (Å²) < 4.78 is 1.66. The van der Waals surface area contributed by atoms with Crippen LogP contribution in [-0.2, 0) is 10.3 Å². The van der Waals surface area contributed by atoms with Crippen molar-refractivity contribution in [3.63, 3.8) is 0 Å². The van der Waals surface area contributed by atoms with Crippen LogP contribution in [0.5, 0.6) is 0 Å². The first-order chi connectivity index (χ1) is 20.0. The maximum atomic E-state index is 15.6. The number of urea groups is 1. The van der Waals surface area contributed by atoms with Crippen molar-refractivity contribution in [2.75, 3.05) is 0 Å². The van der Waals surface area contributed by atoms with E-state index in [-0.39, 0.29) is 18.0 Å². The van der Waals surface area contributed by atoms with Crippen LogP contribution in [0.1, 0.15) is 25.0 Å². The SMILES string of the molecule is CC(C)N1C(=O)N([Si](c2ccccc2)(c2ccccc2)c2ccccc2)C(=O)C1(c1ccccc1)c1ccccc1. The maximum Gasteiger partial charge on any atom is 0.321 e. The molecule has 1 aliphatic rings. The highest BCUT2D eigenvalue weighted by Gasteiger charge is 2.66. The Bertz CT molecular complexity index is 1510. The van der Waals surface area contributed by atoms with Crippen LogP contribution in [0.15, 0.2) is 152 Å². The summed E-state index contributed by atoms with van der Waals surface area (Å²) in [4.78, 5) is 32.6. The lowest BCUT2D eigenvalue weighted by Gasteiger charge is -2.40. The van der Waals surface area contributed by atoms with Gasteiger partial charge in [-0.3, -0.25) is 14.3 Å². The molecule has 0 aliphatic carbocycles. The molecular weight excluding hydrogens is 520 g/mol. The largest absolute Gasteiger partial charge is 0.321 e. The van der Waals surface area contributed by atoms with Crippen molar-refractivity contribution in [2.24, 2.45) is 0 Å². The molecule has 6 rings (SSSR count). The van der Waals surface area contributed by atoms with E-state index in [9.17, 15) is 0 Å². The lowest BCUT2D eigenvalue weighted by atomic mass is 9.81. The predicted octanol–water partition coefficient (Wildman–Crippen LogP) is 5.27. The van der Waals surface area contributed by atoms with Gasteiger partial charge in [-0.1, -0.05) is 152 Å². The Kier molecular flexibility index (Phi) is 6.89. The second-order valence-electron chi connectivity index (χ2n) is 10.6. The molecular formula is C36H32N2O2Si. The monoisotopic (exact) mass is 552 g/mol. The number of carbonyl (C=O) groups is 2. The van der Waals surface area contributed by atoms with Gasteiger partial charge in [-0.2, -0.15) is 0 Å². The lowest BCUT2D eigenvalue weighted by molar-refractivity contribution is -0.129. The Morgan fingerprint density at radius 1 is 0.512 bits per heavy atom. The van der Waals surface area contributed by atoms with E-state index in [1.165, 1.54) is 0 Å². The van der Waals surface area contributed by atoms with Gasteiger partial charge in [-0.15, -0.1) is 0 Å². The van der Waals surface area contributed by atoms with Gasteiger partial charge >= 0.3 is 6.03 Å². The molecule has 0 bridgehead atoms. The molecule has 4 nitrogen and oxygen atoms in total. The molecule has 1 fully saturated rings. The second-order valence-corrected chi connectivity index (χ2v) is 14.2. The van der Waals surface area contributed by atoms with Crippen LogP contribution in [0.4, 0.5) is 4.79 Å². The number of hydrogen-bond acceptors (Lipinski definition) is 2. The summed E-state index contributed by atoms with van der Waals surface area (Å²) in [7, 11) is -3.47. The molecule has 1 heterocycles. The Morgan fingerprint density at radius 2 is 0.829 bits per heavy atom. The summed E-state index contributed by atoms with van der Waals surface area (Å²) in [6.45, 7) is 3.98. The summed E-state index contributed by atoms with van der Waals surface area (Å²) in [5, 5.41) is 2.92. The molecule has 0 aromatic heterocycles. The standard InChI is InChI=1S/C36H32N2O2Si/c1-28(2)37-35(40)38(34(39)36(37,29-18-8-3-9-19-29)30-20-10-4-11-21-30)41(31-22-12-5-13-23-31,32-24-14-6-15-25-32)33-26-16-7-17-27-33/h3-28H,1-2H3. The van der Waals surface area contributed by atoms with Gasteiger partial charge < -0.3 is 0 Å². The van der Waals surface area contributed by atoms with Crippen LogP contribution < -0.4 is 15.6 Å². The predicted molar refractivity (Wildman–Crippen MR) is 167 cm³/mol. The van der Waals surface area contributed by atoms with Crippen LogP contribution in [0.3, 0.4) is 0 Å². The molecule has 0 N–H and O–H groups in total. The molecule has 0 saturated carbocycles.